The Balaban J connectivity index is 1.56. The van der Waals surface area contributed by atoms with Crippen LogP contribution in [0.25, 0.3) is 17.0 Å². The summed E-state index contributed by atoms with van der Waals surface area (Å²) in [5, 5.41) is 10.7. The zero-order valence-corrected chi connectivity index (χ0v) is 21.0. The van der Waals surface area contributed by atoms with E-state index < -0.39 is 0 Å². The summed E-state index contributed by atoms with van der Waals surface area (Å²) >= 11 is 7.58. The van der Waals surface area contributed by atoms with Crippen LogP contribution in [-0.4, -0.2) is 26.7 Å². The van der Waals surface area contributed by atoms with Crippen LogP contribution in [0.1, 0.15) is 40.4 Å². The van der Waals surface area contributed by atoms with E-state index in [1.807, 2.05) is 12.1 Å². The zero-order chi connectivity index (χ0) is 23.7. The molecule has 0 saturated heterocycles. The van der Waals surface area contributed by atoms with Gasteiger partial charge in [-0.3, -0.25) is 0 Å². The van der Waals surface area contributed by atoms with E-state index in [2.05, 4.69) is 90.1 Å². The van der Waals surface area contributed by atoms with Gasteiger partial charge in [0.15, 0.2) is 5.11 Å². The Labute approximate surface area is 209 Å². The quantitative estimate of drug-likeness (QED) is 0.322. The smallest absolute Gasteiger partial charge is 0.258 e. The van der Waals surface area contributed by atoms with Crippen LogP contribution in [0.5, 0.6) is 0 Å². The molecule has 1 aliphatic rings. The Morgan fingerprint density at radius 2 is 1.85 bits per heavy atom. The van der Waals surface area contributed by atoms with Gasteiger partial charge in [-0.15, -0.1) is 11.3 Å². The Hall–Kier alpha value is -3.29. The molecule has 1 N–H and O–H groups in total. The number of nitrogens with one attached hydrogen (secondary N) is 1. The van der Waals surface area contributed by atoms with E-state index in [9.17, 15) is 0 Å². The van der Waals surface area contributed by atoms with E-state index >= 15 is 0 Å². The summed E-state index contributed by atoms with van der Waals surface area (Å²) < 4.78 is 5.85. The number of hydrogen-bond acceptors (Lipinski definition) is 5. The van der Waals surface area contributed by atoms with Crippen molar-refractivity contribution in [3.8, 4) is 11.4 Å². The lowest BCUT2D eigenvalue weighted by molar-refractivity contribution is 0.397. The number of nitrogens with zero attached hydrogens (tertiary/aromatic N) is 3. The topological polar surface area (TPSA) is 54.2 Å². The fourth-order valence-electron chi connectivity index (χ4n) is 4.25. The second-order valence-corrected chi connectivity index (χ2v) is 9.98. The molecule has 2 aromatic heterocycles. The molecule has 3 heterocycles. The lowest BCUT2D eigenvalue weighted by atomic mass is 9.94. The molecule has 172 valence electrons. The summed E-state index contributed by atoms with van der Waals surface area (Å²) in [7, 11) is 0. The first-order valence-corrected chi connectivity index (χ1v) is 12.6. The maximum Gasteiger partial charge on any atom is 0.258 e. The SMILES string of the molecule is CC1=C(c2nc(-c3cccc(C)c3)no2)C(c2ccc(C)cc2)NC(=S)N1CCc1cccs1. The predicted octanol–water partition coefficient (Wildman–Crippen LogP) is 6.32. The number of allylic oxidation sites excluding steroid dienone is 1. The van der Waals surface area contributed by atoms with Gasteiger partial charge >= 0.3 is 0 Å². The van der Waals surface area contributed by atoms with Crippen molar-refractivity contribution < 1.29 is 4.52 Å². The first-order chi connectivity index (χ1) is 16.5. The Kier molecular flexibility index (Phi) is 6.30. The van der Waals surface area contributed by atoms with Gasteiger partial charge in [-0.2, -0.15) is 4.98 Å². The fourth-order valence-corrected chi connectivity index (χ4v) is 5.29. The molecule has 0 saturated carbocycles. The van der Waals surface area contributed by atoms with Crippen LogP contribution >= 0.6 is 23.6 Å². The summed E-state index contributed by atoms with van der Waals surface area (Å²) in [6.07, 6.45) is 0.914. The highest BCUT2D eigenvalue weighted by molar-refractivity contribution is 7.80. The lowest BCUT2D eigenvalue weighted by Gasteiger charge is -2.37. The van der Waals surface area contributed by atoms with E-state index in [-0.39, 0.29) is 6.04 Å². The van der Waals surface area contributed by atoms with Crippen LogP contribution in [0.2, 0.25) is 0 Å². The van der Waals surface area contributed by atoms with E-state index in [0.29, 0.717) is 16.8 Å². The second-order valence-electron chi connectivity index (χ2n) is 8.57. The summed E-state index contributed by atoms with van der Waals surface area (Å²) in [5.74, 6) is 1.09. The van der Waals surface area contributed by atoms with Crippen LogP contribution in [0.15, 0.2) is 76.3 Å². The van der Waals surface area contributed by atoms with Gasteiger partial charge in [0.25, 0.3) is 5.89 Å². The number of thiocarbonyl (C=S) groups is 1. The van der Waals surface area contributed by atoms with Crippen LogP contribution in [-0.2, 0) is 6.42 Å². The summed E-state index contributed by atoms with van der Waals surface area (Å²) in [6.45, 7) is 7.01. The number of aryl methyl sites for hydroxylation is 2. The summed E-state index contributed by atoms with van der Waals surface area (Å²) in [6, 6.07) is 20.7. The number of hydrogen-bond donors (Lipinski definition) is 1. The van der Waals surface area contributed by atoms with Gasteiger partial charge in [-0.05, 0) is 62.5 Å². The summed E-state index contributed by atoms with van der Waals surface area (Å²) in [5.41, 5.74) is 6.40. The van der Waals surface area contributed by atoms with E-state index in [1.165, 1.54) is 10.4 Å². The van der Waals surface area contributed by atoms with Crippen molar-refractivity contribution in [2.45, 2.75) is 33.2 Å². The third-order valence-electron chi connectivity index (χ3n) is 6.10. The molecule has 1 atom stereocenters. The standard InChI is InChI=1S/C27H26N4OS2/c1-17-9-11-20(12-10-17)24-23(26-29-25(30-32-26)21-7-4-6-18(2)16-21)19(3)31(27(33)28-24)14-13-22-8-5-15-34-22/h4-12,15-16,24H,13-14H2,1-3H3,(H,28,33). The van der Waals surface area contributed by atoms with Gasteiger partial charge in [0.1, 0.15) is 0 Å². The van der Waals surface area contributed by atoms with Crippen LogP contribution < -0.4 is 5.32 Å². The summed E-state index contributed by atoms with van der Waals surface area (Å²) in [4.78, 5) is 8.29. The molecule has 0 aliphatic carbocycles. The molecule has 1 aliphatic heterocycles. The lowest BCUT2D eigenvalue weighted by Crippen LogP contribution is -2.46. The number of thiophene rings is 1. The van der Waals surface area contributed by atoms with Crippen molar-refractivity contribution >= 4 is 34.2 Å². The Morgan fingerprint density at radius 3 is 2.59 bits per heavy atom. The molecule has 0 spiro atoms. The molecule has 0 radical (unpaired) electrons. The van der Waals surface area contributed by atoms with Gasteiger partial charge in [0, 0.05) is 22.7 Å². The van der Waals surface area contributed by atoms with Crippen molar-refractivity contribution in [2.75, 3.05) is 6.54 Å². The van der Waals surface area contributed by atoms with E-state index in [1.54, 1.807) is 11.3 Å². The zero-order valence-electron chi connectivity index (χ0n) is 19.4. The first kappa shape index (κ1) is 22.5. The van der Waals surface area contributed by atoms with Crippen molar-refractivity contribution in [2.24, 2.45) is 0 Å². The van der Waals surface area contributed by atoms with Gasteiger partial charge in [-0.1, -0.05) is 64.8 Å². The molecule has 0 amide bonds. The average Bonchev–Trinajstić information content (AvgIpc) is 3.52. The molecule has 0 bridgehead atoms. The van der Waals surface area contributed by atoms with Gasteiger partial charge in [-0.25, -0.2) is 0 Å². The highest BCUT2D eigenvalue weighted by Gasteiger charge is 2.34. The molecule has 5 rings (SSSR count). The third kappa shape index (κ3) is 4.54. The molecule has 7 heteroatoms. The molecule has 1 unspecified atom stereocenters. The molecule has 2 aromatic carbocycles. The normalized spacial score (nSPS) is 16.1. The molecular weight excluding hydrogens is 460 g/mol. The fraction of sp³-hybridized carbons (Fsp3) is 0.222. The monoisotopic (exact) mass is 486 g/mol. The maximum atomic E-state index is 5.85. The first-order valence-electron chi connectivity index (χ1n) is 11.3. The Morgan fingerprint density at radius 1 is 1.03 bits per heavy atom. The largest absolute Gasteiger partial charge is 0.351 e. The van der Waals surface area contributed by atoms with Gasteiger partial charge in [0.2, 0.25) is 5.82 Å². The van der Waals surface area contributed by atoms with Gasteiger partial charge in [0.05, 0.1) is 11.6 Å². The molecule has 5 nitrogen and oxygen atoms in total. The molecule has 4 aromatic rings. The van der Waals surface area contributed by atoms with Crippen molar-refractivity contribution in [1.82, 2.24) is 20.4 Å². The highest BCUT2D eigenvalue weighted by atomic mass is 32.1. The van der Waals surface area contributed by atoms with Crippen LogP contribution in [0, 0.1) is 13.8 Å². The van der Waals surface area contributed by atoms with Crippen molar-refractivity contribution in [3.63, 3.8) is 0 Å². The minimum absolute atomic E-state index is 0.170. The minimum atomic E-state index is -0.170. The van der Waals surface area contributed by atoms with Crippen molar-refractivity contribution in [3.05, 3.63) is 99.2 Å². The second kappa shape index (κ2) is 9.52. The number of benzene rings is 2. The molecule has 0 fully saturated rings. The van der Waals surface area contributed by atoms with Crippen LogP contribution in [0.4, 0.5) is 0 Å². The van der Waals surface area contributed by atoms with Crippen molar-refractivity contribution in [1.29, 1.82) is 0 Å². The van der Waals surface area contributed by atoms with E-state index in [0.717, 1.165) is 40.9 Å². The average molecular weight is 487 g/mol. The third-order valence-corrected chi connectivity index (χ3v) is 7.38. The predicted molar refractivity (Wildman–Crippen MR) is 141 cm³/mol. The highest BCUT2D eigenvalue weighted by Crippen LogP contribution is 2.37. The number of rotatable bonds is 6. The molecular formula is C27H26N4OS2. The molecule has 34 heavy (non-hydrogen) atoms. The minimum Gasteiger partial charge on any atom is -0.351 e. The van der Waals surface area contributed by atoms with Gasteiger partial charge < -0.3 is 14.7 Å². The maximum absolute atomic E-state index is 5.85. The van der Waals surface area contributed by atoms with Crippen LogP contribution in [0.3, 0.4) is 0 Å². The Bertz CT molecular complexity index is 1340. The number of aromatic nitrogens is 2. The van der Waals surface area contributed by atoms with E-state index in [4.69, 9.17) is 21.7 Å².